The van der Waals surface area contributed by atoms with Gasteiger partial charge in [-0.1, -0.05) is 30.3 Å². The average Bonchev–Trinajstić information content (AvgIpc) is 3.22. The van der Waals surface area contributed by atoms with Crippen molar-refractivity contribution in [3.8, 4) is 22.8 Å². The van der Waals surface area contributed by atoms with Gasteiger partial charge in [-0.15, -0.1) is 0 Å². The molecule has 0 unspecified atom stereocenters. The summed E-state index contributed by atoms with van der Waals surface area (Å²) in [6.45, 7) is 0.303. The van der Waals surface area contributed by atoms with Gasteiger partial charge in [0.25, 0.3) is 11.8 Å². The van der Waals surface area contributed by atoms with E-state index in [1.54, 1.807) is 24.3 Å². The highest BCUT2D eigenvalue weighted by Crippen LogP contribution is 2.32. The molecule has 2 heterocycles. The van der Waals surface area contributed by atoms with E-state index in [1.807, 2.05) is 30.3 Å². The van der Waals surface area contributed by atoms with E-state index in [1.165, 1.54) is 18.3 Å². The van der Waals surface area contributed by atoms with Crippen molar-refractivity contribution in [3.05, 3.63) is 89.6 Å². The standard InChI is InChI=1S/C25H18N2O5/c28-20-8-5-14(9-21(20)29)12-26-13-19-18-10-16(6-7-17(18)24(30)27-25(19)31)23-11-15-3-1-2-4-22(15)32-23/h1-11,13,26,28-29H,12H2,(H,27,30,31)/b19-13+. The fourth-order valence-corrected chi connectivity index (χ4v) is 3.70. The molecule has 0 bridgehead atoms. The lowest BCUT2D eigenvalue weighted by Gasteiger charge is -2.19. The van der Waals surface area contributed by atoms with Gasteiger partial charge >= 0.3 is 0 Å². The number of para-hydroxylation sites is 1. The number of nitrogens with one attached hydrogen (secondary N) is 2. The van der Waals surface area contributed by atoms with Crippen LogP contribution in [0.25, 0.3) is 27.9 Å². The molecular weight excluding hydrogens is 408 g/mol. The van der Waals surface area contributed by atoms with E-state index in [9.17, 15) is 19.8 Å². The van der Waals surface area contributed by atoms with Crippen LogP contribution in [0.5, 0.6) is 11.5 Å². The van der Waals surface area contributed by atoms with Gasteiger partial charge in [0.2, 0.25) is 0 Å². The number of fused-ring (bicyclic) bond motifs is 2. The van der Waals surface area contributed by atoms with Crippen LogP contribution in [-0.4, -0.2) is 22.0 Å². The minimum absolute atomic E-state index is 0.204. The normalized spacial score (nSPS) is 14.4. The Morgan fingerprint density at radius 2 is 1.72 bits per heavy atom. The first-order chi connectivity index (χ1) is 15.5. The smallest absolute Gasteiger partial charge is 0.260 e. The number of carbonyl (C=O) groups is 2. The molecule has 0 saturated carbocycles. The number of aromatic hydroxyl groups is 2. The maximum Gasteiger partial charge on any atom is 0.260 e. The topological polar surface area (TPSA) is 112 Å². The summed E-state index contributed by atoms with van der Waals surface area (Å²) in [6.07, 6.45) is 1.53. The summed E-state index contributed by atoms with van der Waals surface area (Å²) < 4.78 is 5.93. The monoisotopic (exact) mass is 426 g/mol. The largest absolute Gasteiger partial charge is 0.504 e. The maximum absolute atomic E-state index is 12.6. The number of phenolic OH excluding ortho intramolecular Hbond substituents is 2. The quantitative estimate of drug-likeness (QED) is 0.224. The summed E-state index contributed by atoms with van der Waals surface area (Å²) in [7, 11) is 0. The number of hydrogen-bond donors (Lipinski definition) is 4. The van der Waals surface area contributed by atoms with Gasteiger partial charge < -0.3 is 19.9 Å². The Morgan fingerprint density at radius 3 is 2.53 bits per heavy atom. The molecule has 1 aromatic heterocycles. The lowest BCUT2D eigenvalue weighted by Crippen LogP contribution is -2.37. The van der Waals surface area contributed by atoms with Crippen molar-refractivity contribution in [3.63, 3.8) is 0 Å². The molecule has 0 spiro atoms. The maximum atomic E-state index is 12.6. The Hall–Kier alpha value is -4.52. The van der Waals surface area contributed by atoms with Crippen molar-refractivity contribution >= 4 is 28.4 Å². The van der Waals surface area contributed by atoms with Crippen molar-refractivity contribution < 1.29 is 24.2 Å². The molecule has 7 heteroatoms. The number of hydrogen-bond acceptors (Lipinski definition) is 6. The molecule has 2 amide bonds. The Labute approximate surface area is 182 Å². The molecule has 0 fully saturated rings. The summed E-state index contributed by atoms with van der Waals surface area (Å²) in [6, 6.07) is 19.3. The first kappa shape index (κ1) is 19.4. The highest BCUT2D eigenvalue weighted by atomic mass is 16.3. The van der Waals surface area contributed by atoms with Crippen LogP contribution in [0.15, 0.2) is 77.3 Å². The van der Waals surface area contributed by atoms with Crippen LogP contribution in [0, 0.1) is 0 Å². The molecule has 158 valence electrons. The number of carbonyl (C=O) groups excluding carboxylic acids is 2. The fourth-order valence-electron chi connectivity index (χ4n) is 3.70. The van der Waals surface area contributed by atoms with Crippen molar-refractivity contribution in [2.45, 2.75) is 6.54 Å². The Kier molecular flexibility index (Phi) is 4.63. The van der Waals surface area contributed by atoms with Gasteiger partial charge in [-0.25, -0.2) is 0 Å². The van der Waals surface area contributed by atoms with Gasteiger partial charge in [0.1, 0.15) is 11.3 Å². The molecule has 1 aliphatic rings. The number of imide groups is 1. The van der Waals surface area contributed by atoms with E-state index in [0.29, 0.717) is 34.6 Å². The van der Waals surface area contributed by atoms with Gasteiger partial charge in [0, 0.05) is 34.8 Å². The third kappa shape index (κ3) is 3.45. The van der Waals surface area contributed by atoms with E-state index in [2.05, 4.69) is 10.6 Å². The highest BCUT2D eigenvalue weighted by Gasteiger charge is 2.28. The van der Waals surface area contributed by atoms with Crippen molar-refractivity contribution in [2.75, 3.05) is 0 Å². The Balaban J connectivity index is 1.49. The molecule has 0 aliphatic carbocycles. The average molecular weight is 426 g/mol. The third-order valence-electron chi connectivity index (χ3n) is 5.33. The summed E-state index contributed by atoms with van der Waals surface area (Å²) in [4.78, 5) is 24.9. The zero-order chi connectivity index (χ0) is 22.2. The second-order valence-corrected chi connectivity index (χ2v) is 7.45. The SMILES string of the molecule is O=C1NC(=O)c2ccc(-c3cc4ccccc4o3)cc2/C1=C\NCc1ccc(O)c(O)c1. The third-order valence-corrected chi connectivity index (χ3v) is 5.33. The van der Waals surface area contributed by atoms with Crippen LogP contribution < -0.4 is 10.6 Å². The second-order valence-electron chi connectivity index (χ2n) is 7.45. The minimum atomic E-state index is -0.509. The Morgan fingerprint density at radius 1 is 0.875 bits per heavy atom. The second kappa shape index (κ2) is 7.63. The summed E-state index contributed by atoms with van der Waals surface area (Å²) in [5.74, 6) is -0.755. The zero-order valence-corrected chi connectivity index (χ0v) is 16.8. The van der Waals surface area contributed by atoms with Crippen LogP contribution in [0.1, 0.15) is 21.5 Å². The molecule has 3 aromatic carbocycles. The molecule has 0 atom stereocenters. The lowest BCUT2D eigenvalue weighted by molar-refractivity contribution is -0.114. The van der Waals surface area contributed by atoms with Gasteiger partial charge in [-0.05, 0) is 42.0 Å². The van der Waals surface area contributed by atoms with Gasteiger partial charge in [0.05, 0.1) is 5.57 Å². The van der Waals surface area contributed by atoms with Crippen molar-refractivity contribution in [1.82, 2.24) is 10.6 Å². The predicted octanol–water partition coefficient (Wildman–Crippen LogP) is 3.91. The van der Waals surface area contributed by atoms with Gasteiger partial charge in [-0.3, -0.25) is 14.9 Å². The van der Waals surface area contributed by atoms with Crippen LogP contribution in [-0.2, 0) is 11.3 Å². The highest BCUT2D eigenvalue weighted by molar-refractivity contribution is 6.31. The molecule has 5 rings (SSSR count). The van der Waals surface area contributed by atoms with E-state index < -0.39 is 11.8 Å². The minimum Gasteiger partial charge on any atom is -0.504 e. The van der Waals surface area contributed by atoms with Crippen LogP contribution in [0.3, 0.4) is 0 Å². The number of benzene rings is 3. The number of phenols is 2. The summed E-state index contributed by atoms with van der Waals surface area (Å²) >= 11 is 0. The lowest BCUT2D eigenvalue weighted by atomic mass is 9.93. The molecule has 7 nitrogen and oxygen atoms in total. The predicted molar refractivity (Wildman–Crippen MR) is 119 cm³/mol. The van der Waals surface area contributed by atoms with Crippen LogP contribution in [0.2, 0.25) is 0 Å². The van der Waals surface area contributed by atoms with Crippen molar-refractivity contribution in [2.24, 2.45) is 0 Å². The van der Waals surface area contributed by atoms with E-state index in [0.717, 1.165) is 16.5 Å². The summed E-state index contributed by atoms with van der Waals surface area (Å²) in [5, 5.41) is 25.4. The number of furan rings is 1. The van der Waals surface area contributed by atoms with Gasteiger partial charge in [0.15, 0.2) is 11.5 Å². The van der Waals surface area contributed by atoms with E-state index in [4.69, 9.17) is 4.42 Å². The fraction of sp³-hybridized carbons (Fsp3) is 0.0400. The van der Waals surface area contributed by atoms with Crippen LogP contribution >= 0.6 is 0 Å². The van der Waals surface area contributed by atoms with Crippen molar-refractivity contribution in [1.29, 1.82) is 0 Å². The van der Waals surface area contributed by atoms with Crippen LogP contribution in [0.4, 0.5) is 0 Å². The first-order valence-corrected chi connectivity index (χ1v) is 9.93. The molecule has 1 aliphatic heterocycles. The number of rotatable bonds is 4. The molecule has 32 heavy (non-hydrogen) atoms. The molecule has 0 radical (unpaired) electrons. The summed E-state index contributed by atoms with van der Waals surface area (Å²) in [5.41, 5.74) is 3.40. The molecule has 0 saturated heterocycles. The first-order valence-electron chi connectivity index (χ1n) is 9.93. The molecular formula is C25H18N2O5. The number of amides is 2. The van der Waals surface area contributed by atoms with E-state index >= 15 is 0 Å². The molecule has 4 aromatic rings. The van der Waals surface area contributed by atoms with E-state index in [-0.39, 0.29) is 11.5 Å². The molecule has 4 N–H and O–H groups in total. The zero-order valence-electron chi connectivity index (χ0n) is 16.8. The van der Waals surface area contributed by atoms with Gasteiger partial charge in [-0.2, -0.15) is 0 Å². The Bertz CT molecular complexity index is 1380.